The summed E-state index contributed by atoms with van der Waals surface area (Å²) in [5.74, 6) is -0.138. The second-order valence-electron chi connectivity index (χ2n) is 4.58. The van der Waals surface area contributed by atoms with Crippen LogP contribution in [0.1, 0.15) is 30.5 Å². The first kappa shape index (κ1) is 16.1. The van der Waals surface area contributed by atoms with E-state index < -0.39 is 0 Å². The molecule has 2 rings (SSSR count). The highest BCUT2D eigenvalue weighted by Gasteiger charge is 2.18. The summed E-state index contributed by atoms with van der Waals surface area (Å²) in [6, 6.07) is 9.20. The minimum atomic E-state index is -0.138. The molecule has 1 unspecified atom stereocenters. The Morgan fingerprint density at radius 2 is 2.05 bits per heavy atom. The molecule has 1 heterocycles. The predicted molar refractivity (Wildman–Crippen MR) is 90.9 cm³/mol. The maximum Gasteiger partial charge on any atom is 0.126 e. The third-order valence-electron chi connectivity index (χ3n) is 3.08. The lowest BCUT2D eigenvalue weighted by Gasteiger charge is -2.19. The molecule has 0 aliphatic carbocycles. The van der Waals surface area contributed by atoms with Crippen molar-refractivity contribution in [1.82, 2.24) is 5.32 Å². The van der Waals surface area contributed by atoms with Gasteiger partial charge in [0.15, 0.2) is 0 Å². The van der Waals surface area contributed by atoms with E-state index in [0.29, 0.717) is 6.42 Å². The van der Waals surface area contributed by atoms with Crippen molar-refractivity contribution in [3.63, 3.8) is 0 Å². The Bertz CT molecular complexity index is 571. The van der Waals surface area contributed by atoms with Crippen LogP contribution in [0.25, 0.3) is 0 Å². The van der Waals surface area contributed by atoms with Crippen LogP contribution in [0, 0.1) is 5.82 Å². The Hall–Kier alpha value is -0.230. The number of rotatable bonds is 6. The average molecular weight is 421 g/mol. The summed E-state index contributed by atoms with van der Waals surface area (Å²) in [5.41, 5.74) is 1.92. The zero-order valence-corrected chi connectivity index (χ0v) is 15.1. The van der Waals surface area contributed by atoms with Crippen LogP contribution in [-0.2, 0) is 6.42 Å². The highest BCUT2D eigenvalue weighted by atomic mass is 79.9. The zero-order valence-electron chi connectivity index (χ0n) is 11.1. The summed E-state index contributed by atoms with van der Waals surface area (Å²) in [5, 5.41) is 3.50. The molecule has 1 N–H and O–H groups in total. The Labute approximate surface area is 139 Å². The van der Waals surface area contributed by atoms with Crippen molar-refractivity contribution in [1.29, 1.82) is 0 Å². The number of thiophene rings is 1. The van der Waals surface area contributed by atoms with Gasteiger partial charge in [0.1, 0.15) is 5.82 Å². The van der Waals surface area contributed by atoms with Gasteiger partial charge in [0.05, 0.1) is 7.57 Å². The Kier molecular flexibility index (Phi) is 6.20. The molecule has 1 nitrogen and oxygen atoms in total. The summed E-state index contributed by atoms with van der Waals surface area (Å²) in [6.45, 7) is 3.05. The van der Waals surface area contributed by atoms with Crippen molar-refractivity contribution in [2.75, 3.05) is 6.54 Å². The number of hydrogen-bond acceptors (Lipinski definition) is 2. The molecule has 0 aliphatic rings. The Morgan fingerprint density at radius 3 is 2.65 bits per heavy atom. The van der Waals surface area contributed by atoms with Crippen LogP contribution in [0.5, 0.6) is 0 Å². The minimum Gasteiger partial charge on any atom is -0.310 e. The van der Waals surface area contributed by atoms with Crippen molar-refractivity contribution in [3.05, 3.63) is 54.8 Å². The van der Waals surface area contributed by atoms with Gasteiger partial charge in [-0.05, 0) is 74.5 Å². The molecule has 0 bridgehead atoms. The molecule has 20 heavy (non-hydrogen) atoms. The van der Waals surface area contributed by atoms with Crippen molar-refractivity contribution >= 4 is 43.2 Å². The van der Waals surface area contributed by atoms with Gasteiger partial charge in [0.25, 0.3) is 0 Å². The third kappa shape index (κ3) is 4.13. The van der Waals surface area contributed by atoms with Crippen molar-refractivity contribution in [2.24, 2.45) is 0 Å². The first-order valence-corrected chi connectivity index (χ1v) is 8.93. The van der Waals surface area contributed by atoms with Crippen LogP contribution in [0.3, 0.4) is 0 Å². The van der Waals surface area contributed by atoms with E-state index in [1.807, 2.05) is 12.1 Å². The van der Waals surface area contributed by atoms with E-state index in [1.165, 1.54) is 11.6 Å². The smallest absolute Gasteiger partial charge is 0.126 e. The lowest BCUT2D eigenvalue weighted by atomic mass is 10.0. The molecule has 0 saturated carbocycles. The maximum atomic E-state index is 13.8. The van der Waals surface area contributed by atoms with E-state index in [0.717, 1.165) is 26.1 Å². The molecular weight excluding hydrogens is 405 g/mol. The second kappa shape index (κ2) is 7.69. The number of nitrogens with one attached hydrogen (secondary N) is 1. The van der Waals surface area contributed by atoms with Gasteiger partial charge < -0.3 is 5.32 Å². The van der Waals surface area contributed by atoms with E-state index in [4.69, 9.17) is 0 Å². The van der Waals surface area contributed by atoms with E-state index in [2.05, 4.69) is 50.2 Å². The molecule has 2 aromatic rings. The standard InChI is InChI=1S/C15H16Br2FNS/c1-2-7-19-13(11-9-14(16)20-15(11)17)8-10-5-3-4-6-12(10)18/h3-6,9,13,19H,2,7-8H2,1H3. The summed E-state index contributed by atoms with van der Waals surface area (Å²) >= 11 is 8.75. The van der Waals surface area contributed by atoms with Gasteiger partial charge in [-0.1, -0.05) is 25.1 Å². The van der Waals surface area contributed by atoms with Gasteiger partial charge in [-0.2, -0.15) is 0 Å². The molecule has 5 heteroatoms. The van der Waals surface area contributed by atoms with E-state index in [-0.39, 0.29) is 11.9 Å². The van der Waals surface area contributed by atoms with Crippen LogP contribution in [-0.4, -0.2) is 6.54 Å². The van der Waals surface area contributed by atoms with Gasteiger partial charge in [-0.15, -0.1) is 11.3 Å². The van der Waals surface area contributed by atoms with Crippen LogP contribution in [0.4, 0.5) is 4.39 Å². The monoisotopic (exact) mass is 419 g/mol. The van der Waals surface area contributed by atoms with Gasteiger partial charge in [0, 0.05) is 6.04 Å². The van der Waals surface area contributed by atoms with E-state index in [1.54, 1.807) is 17.4 Å². The molecule has 108 valence electrons. The Morgan fingerprint density at radius 1 is 1.30 bits per heavy atom. The number of hydrogen-bond donors (Lipinski definition) is 1. The fourth-order valence-corrected chi connectivity index (χ4v) is 5.06. The molecule has 0 fully saturated rings. The molecule has 1 atom stereocenters. The summed E-state index contributed by atoms with van der Waals surface area (Å²) in [6.07, 6.45) is 1.70. The van der Waals surface area contributed by atoms with Gasteiger partial charge in [-0.3, -0.25) is 0 Å². The van der Waals surface area contributed by atoms with Gasteiger partial charge in [0.2, 0.25) is 0 Å². The molecule has 1 aromatic carbocycles. The zero-order chi connectivity index (χ0) is 14.5. The quantitative estimate of drug-likeness (QED) is 0.632. The van der Waals surface area contributed by atoms with Crippen LogP contribution >= 0.6 is 43.2 Å². The largest absolute Gasteiger partial charge is 0.310 e. The van der Waals surface area contributed by atoms with E-state index in [9.17, 15) is 4.39 Å². The average Bonchev–Trinajstić information content (AvgIpc) is 2.75. The van der Waals surface area contributed by atoms with Crippen molar-refractivity contribution in [2.45, 2.75) is 25.8 Å². The number of halogens is 3. The normalized spacial score (nSPS) is 12.6. The lowest BCUT2D eigenvalue weighted by molar-refractivity contribution is 0.513. The topological polar surface area (TPSA) is 12.0 Å². The van der Waals surface area contributed by atoms with Crippen molar-refractivity contribution < 1.29 is 4.39 Å². The Balaban J connectivity index is 2.24. The van der Waals surface area contributed by atoms with Crippen LogP contribution in [0.2, 0.25) is 0 Å². The predicted octanol–water partition coefficient (Wildman–Crippen LogP) is 5.70. The highest BCUT2D eigenvalue weighted by molar-refractivity contribution is 9.12. The molecule has 0 aliphatic heterocycles. The lowest BCUT2D eigenvalue weighted by Crippen LogP contribution is -2.24. The minimum absolute atomic E-state index is 0.115. The fourth-order valence-electron chi connectivity index (χ4n) is 2.09. The molecule has 0 saturated heterocycles. The fraction of sp³-hybridized carbons (Fsp3) is 0.333. The van der Waals surface area contributed by atoms with Crippen molar-refractivity contribution in [3.8, 4) is 0 Å². The van der Waals surface area contributed by atoms with Gasteiger partial charge >= 0.3 is 0 Å². The van der Waals surface area contributed by atoms with Crippen LogP contribution in [0.15, 0.2) is 37.9 Å². The summed E-state index contributed by atoms with van der Waals surface area (Å²) < 4.78 is 16.0. The first-order chi connectivity index (χ1) is 9.61. The highest BCUT2D eigenvalue weighted by Crippen LogP contribution is 2.36. The molecule has 0 spiro atoms. The third-order valence-corrected chi connectivity index (χ3v) is 5.47. The molecular formula is C15H16Br2FNS. The maximum absolute atomic E-state index is 13.8. The van der Waals surface area contributed by atoms with Crippen LogP contribution < -0.4 is 5.32 Å². The first-order valence-electron chi connectivity index (χ1n) is 6.53. The second-order valence-corrected chi connectivity index (χ2v) is 8.33. The summed E-state index contributed by atoms with van der Waals surface area (Å²) in [7, 11) is 0. The molecule has 0 radical (unpaired) electrons. The SMILES string of the molecule is CCCNC(Cc1ccccc1F)c1cc(Br)sc1Br. The summed E-state index contributed by atoms with van der Waals surface area (Å²) in [4.78, 5) is 0. The van der Waals surface area contributed by atoms with E-state index >= 15 is 0 Å². The number of benzene rings is 1. The molecule has 1 aromatic heterocycles. The molecule has 0 amide bonds. The van der Waals surface area contributed by atoms with Gasteiger partial charge in [-0.25, -0.2) is 4.39 Å².